The van der Waals surface area contributed by atoms with Crippen LogP contribution in [-0.4, -0.2) is 176 Å². The first kappa shape index (κ1) is 76.3. The second kappa shape index (κ2) is 38.6. The first-order valence-corrected chi connectivity index (χ1v) is 31.3. The number of rotatable bonds is 38. The monoisotopic (exact) mass is 1250 g/mol. The van der Waals surface area contributed by atoms with Gasteiger partial charge in [0.1, 0.15) is 30.8 Å². The Morgan fingerprint density at radius 2 is 1.38 bits per heavy atom. The zero-order valence-electron chi connectivity index (χ0n) is 55.0. The Hall–Kier alpha value is -6.93. The maximum absolute atomic E-state index is 14.8. The number of carbonyl (C=O) groups excluding carboxylic acids is 9. The molecule has 0 saturated carbocycles. The number of likely N-dealkylation sites (N-methyl/N-ethyl adjacent to an activating group) is 2. The molecule has 0 aromatic heterocycles. The normalized spacial score (nSPS) is 16.9. The van der Waals surface area contributed by atoms with Gasteiger partial charge in [-0.05, 0) is 92.4 Å². The van der Waals surface area contributed by atoms with Gasteiger partial charge in [-0.15, -0.1) is 0 Å². The van der Waals surface area contributed by atoms with Gasteiger partial charge in [0.2, 0.25) is 41.4 Å². The van der Waals surface area contributed by atoms with Crippen LogP contribution in [0.5, 0.6) is 0 Å². The maximum atomic E-state index is 14.8. The molecule has 0 radical (unpaired) electrons. The lowest BCUT2D eigenvalue weighted by Crippen LogP contribution is -2.60. The number of nitrogens with one attached hydrogen (secondary N) is 6. The Morgan fingerprint density at radius 3 is 1.96 bits per heavy atom. The summed E-state index contributed by atoms with van der Waals surface area (Å²) in [4.78, 5) is 132. The van der Waals surface area contributed by atoms with E-state index >= 15 is 0 Å². The average molecular weight is 1250 g/mol. The molecule has 25 nitrogen and oxygen atoms in total. The highest BCUT2D eigenvalue weighted by molar-refractivity contribution is 5.98. The van der Waals surface area contributed by atoms with Gasteiger partial charge in [-0.1, -0.05) is 118 Å². The topological polar surface area (TPSA) is 345 Å². The van der Waals surface area contributed by atoms with E-state index < -0.39 is 114 Å². The fourth-order valence-corrected chi connectivity index (χ4v) is 11.3. The number of aliphatic hydroxyl groups is 1. The second-order valence-electron chi connectivity index (χ2n) is 24.5. The molecule has 0 spiro atoms. The lowest BCUT2D eigenvalue weighted by atomic mass is 9.89. The Bertz CT molecular complexity index is 2560. The molecule has 1 heterocycles. The highest BCUT2D eigenvalue weighted by Gasteiger charge is 2.44. The van der Waals surface area contributed by atoms with Crippen molar-refractivity contribution in [3.63, 3.8) is 0 Å². The number of hydrogen-bond donors (Lipinski definition) is 9. The van der Waals surface area contributed by atoms with Crippen molar-refractivity contribution in [3.05, 3.63) is 65.7 Å². The minimum Gasteiger partial charge on any atom is -0.445 e. The third-order valence-electron chi connectivity index (χ3n) is 16.7. The first-order valence-electron chi connectivity index (χ1n) is 31.3. The summed E-state index contributed by atoms with van der Waals surface area (Å²) < 4.78 is 17.7. The zero-order chi connectivity index (χ0) is 66.7. The number of unbranched alkanes of at least 4 members (excludes halogenated alkanes) is 2. The quantitative estimate of drug-likeness (QED) is 0.0314. The van der Waals surface area contributed by atoms with Gasteiger partial charge in [0.25, 0.3) is 0 Å². The Balaban J connectivity index is 1.70. The van der Waals surface area contributed by atoms with Gasteiger partial charge in [0, 0.05) is 53.5 Å². The lowest BCUT2D eigenvalue weighted by Gasteiger charge is -2.41. The molecule has 0 bridgehead atoms. The SMILES string of the molecule is CCC(C)C(C(CC(=O)N1CCCC1C(OC)C(C)C(=O)NC(C)C(O)c1ccccc1)OC)N(C)C(=O)C(NC(=O)C(C(C)C)N(C)C(=O)OCc1ccc(NC(=O)C(CCCNC(N)=O)NC(=O)C(NC(=O)CCCCCON)C(C)C)cc1)C(C)C. The van der Waals surface area contributed by atoms with Crippen molar-refractivity contribution in [1.29, 1.82) is 0 Å². The minimum atomic E-state index is -1.07. The minimum absolute atomic E-state index is 0.0851. The number of carbonyl (C=O) groups is 9. The molecule has 12 unspecified atom stereocenters. The van der Waals surface area contributed by atoms with Gasteiger partial charge in [-0.2, -0.15) is 0 Å². The molecule has 25 heteroatoms. The number of methoxy groups -OCH3 is 2. The fourth-order valence-electron chi connectivity index (χ4n) is 11.3. The van der Waals surface area contributed by atoms with Crippen LogP contribution in [0.3, 0.4) is 0 Å². The standard InChI is InChI=1S/C64H105N11O14/c1-15-41(8)55(49(86-13)36-51(77)75-34-23-27-48(75)57(87-14)42(9)58(79)68-43(10)56(78)45-24-18-16-19-25-45)73(11)62(83)53(39(4)5)72-61(82)54(40(6)7)74(12)64(85)88-37-44-29-31-46(32-30-44)69-59(80)47(26-22-33-67-63(65)84)70-60(81)52(38(2)3)71-50(76)28-20-17-21-35-89-66/h16,18-19,24-25,29-32,38-43,47-49,52-57,78H,15,17,20-23,26-28,33-37,66H2,1-14H3,(H,68,79)(H,69,80)(H,70,81)(H,71,76)(H,72,82)(H3,65,67,84). The maximum Gasteiger partial charge on any atom is 0.410 e. The number of primary amides is 1. The number of amides is 10. The van der Waals surface area contributed by atoms with Crippen molar-refractivity contribution in [2.24, 2.45) is 41.2 Å². The molecule has 12 atom stereocenters. The highest BCUT2D eigenvalue weighted by Crippen LogP contribution is 2.30. The highest BCUT2D eigenvalue weighted by atomic mass is 16.6. The van der Waals surface area contributed by atoms with Gasteiger partial charge < -0.3 is 71.6 Å². The van der Waals surface area contributed by atoms with Crippen molar-refractivity contribution >= 4 is 59.2 Å². The van der Waals surface area contributed by atoms with Crippen LogP contribution in [0, 0.1) is 29.6 Å². The van der Waals surface area contributed by atoms with Crippen molar-refractivity contribution in [3.8, 4) is 0 Å². The van der Waals surface area contributed by atoms with Crippen LogP contribution >= 0.6 is 0 Å². The number of likely N-dealkylation sites (tertiary alicyclic amines) is 1. The lowest BCUT2D eigenvalue weighted by molar-refractivity contribution is -0.148. The molecule has 1 saturated heterocycles. The predicted molar refractivity (Wildman–Crippen MR) is 338 cm³/mol. The third-order valence-corrected chi connectivity index (χ3v) is 16.7. The average Bonchev–Trinajstić information content (AvgIpc) is 4.10. The van der Waals surface area contributed by atoms with Crippen LogP contribution in [0.25, 0.3) is 0 Å². The molecular formula is C64H105N11O14. The van der Waals surface area contributed by atoms with Crippen LogP contribution in [0.15, 0.2) is 54.6 Å². The number of ether oxygens (including phenoxy) is 3. The summed E-state index contributed by atoms with van der Waals surface area (Å²) in [7, 11) is 6.10. The summed E-state index contributed by atoms with van der Waals surface area (Å²) in [5.41, 5.74) is 6.80. The molecular weight excluding hydrogens is 1150 g/mol. The number of benzene rings is 2. The summed E-state index contributed by atoms with van der Waals surface area (Å²) >= 11 is 0. The van der Waals surface area contributed by atoms with Crippen molar-refractivity contribution in [1.82, 2.24) is 41.3 Å². The number of urea groups is 1. The second-order valence-corrected chi connectivity index (χ2v) is 24.5. The van der Waals surface area contributed by atoms with Crippen molar-refractivity contribution < 1.29 is 67.3 Å². The van der Waals surface area contributed by atoms with Gasteiger partial charge in [0.15, 0.2) is 0 Å². The molecule has 0 aliphatic carbocycles. The fraction of sp³-hybridized carbons (Fsp3) is 0.672. The number of hydrogen-bond acceptors (Lipinski definition) is 15. The Morgan fingerprint density at radius 1 is 0.730 bits per heavy atom. The van der Waals surface area contributed by atoms with Crippen LogP contribution in [-0.2, 0) is 59.2 Å². The summed E-state index contributed by atoms with van der Waals surface area (Å²) in [6, 6.07) is 8.99. The van der Waals surface area contributed by atoms with Crippen LogP contribution in [0.2, 0.25) is 0 Å². The molecule has 3 rings (SSSR count). The van der Waals surface area contributed by atoms with Crippen molar-refractivity contribution in [2.75, 3.05) is 53.3 Å². The Kier molecular flexibility index (Phi) is 33.1. The molecule has 1 aliphatic heterocycles. The Labute approximate surface area is 526 Å². The van der Waals surface area contributed by atoms with E-state index in [1.807, 2.05) is 32.0 Å². The molecule has 2 aromatic carbocycles. The largest absolute Gasteiger partial charge is 0.445 e. The molecule has 500 valence electrons. The first-order chi connectivity index (χ1) is 42.1. The summed E-state index contributed by atoms with van der Waals surface area (Å²) in [6.07, 6.45) is 1.19. The summed E-state index contributed by atoms with van der Waals surface area (Å²) in [5, 5.41) is 27.7. The van der Waals surface area contributed by atoms with Gasteiger partial charge in [-0.25, -0.2) is 15.5 Å². The number of nitrogens with zero attached hydrogens (tertiary/aromatic N) is 3. The van der Waals surface area contributed by atoms with E-state index in [1.165, 1.54) is 26.2 Å². The van der Waals surface area contributed by atoms with Crippen LogP contribution in [0.4, 0.5) is 15.3 Å². The molecule has 10 amide bonds. The van der Waals surface area contributed by atoms with E-state index in [2.05, 4.69) is 36.7 Å². The van der Waals surface area contributed by atoms with E-state index in [1.54, 1.807) is 109 Å². The smallest absolute Gasteiger partial charge is 0.410 e. The van der Waals surface area contributed by atoms with E-state index in [4.69, 9.17) is 25.8 Å². The third kappa shape index (κ3) is 23.8. The number of anilines is 1. The number of aliphatic hydroxyl groups excluding tert-OH is 1. The molecule has 1 aliphatic rings. The van der Waals surface area contributed by atoms with Crippen LogP contribution in [0.1, 0.15) is 151 Å². The van der Waals surface area contributed by atoms with E-state index in [0.717, 1.165) is 0 Å². The predicted octanol–water partition coefficient (Wildman–Crippen LogP) is 5.04. The van der Waals surface area contributed by atoms with Crippen LogP contribution < -0.4 is 43.5 Å². The van der Waals surface area contributed by atoms with E-state index in [9.17, 15) is 48.3 Å². The van der Waals surface area contributed by atoms with Crippen molar-refractivity contribution in [2.45, 2.75) is 201 Å². The summed E-state index contributed by atoms with van der Waals surface area (Å²) in [5.74, 6) is 0.0756. The molecule has 1 fully saturated rings. The zero-order valence-corrected chi connectivity index (χ0v) is 55.0. The van der Waals surface area contributed by atoms with Gasteiger partial charge in [-0.3, -0.25) is 38.5 Å². The number of nitrogens with two attached hydrogens (primary N) is 2. The molecule has 11 N–H and O–H groups in total. The van der Waals surface area contributed by atoms with Gasteiger partial charge >= 0.3 is 12.1 Å². The van der Waals surface area contributed by atoms with E-state index in [0.29, 0.717) is 68.5 Å². The van der Waals surface area contributed by atoms with E-state index in [-0.39, 0.29) is 68.4 Å². The van der Waals surface area contributed by atoms with Gasteiger partial charge in [0.05, 0.1) is 55.4 Å². The molecule has 2 aromatic rings. The summed E-state index contributed by atoms with van der Waals surface area (Å²) in [6.45, 7) is 18.9. The molecule has 89 heavy (non-hydrogen) atoms.